The van der Waals surface area contributed by atoms with Crippen molar-refractivity contribution in [1.29, 1.82) is 0 Å². The summed E-state index contributed by atoms with van der Waals surface area (Å²) in [6.45, 7) is 4.51. The van der Waals surface area contributed by atoms with Crippen molar-refractivity contribution >= 4 is 28.2 Å². The molecule has 178 valence electrons. The highest BCUT2D eigenvalue weighted by Crippen LogP contribution is 2.38. The molecule has 0 atom stereocenters. The molecule has 4 rings (SSSR count). The van der Waals surface area contributed by atoms with E-state index in [4.69, 9.17) is 9.47 Å². The van der Waals surface area contributed by atoms with Gasteiger partial charge in [-0.3, -0.25) is 4.79 Å². The number of amides is 1. The number of benzene rings is 2. The van der Waals surface area contributed by atoms with Gasteiger partial charge in [-0.05, 0) is 74.3 Å². The summed E-state index contributed by atoms with van der Waals surface area (Å²) in [6, 6.07) is 12.5. The van der Waals surface area contributed by atoms with Gasteiger partial charge in [0.2, 0.25) is 5.91 Å². The minimum absolute atomic E-state index is 0.145. The summed E-state index contributed by atoms with van der Waals surface area (Å²) in [7, 11) is 1.37. The van der Waals surface area contributed by atoms with E-state index in [1.807, 2.05) is 31.4 Å². The van der Waals surface area contributed by atoms with Gasteiger partial charge < -0.3 is 14.8 Å². The number of rotatable bonds is 8. The van der Waals surface area contributed by atoms with Gasteiger partial charge in [-0.1, -0.05) is 35.9 Å². The number of esters is 1. The van der Waals surface area contributed by atoms with Gasteiger partial charge >= 0.3 is 5.97 Å². The third-order valence-corrected chi connectivity index (χ3v) is 7.12. The molecule has 5 nitrogen and oxygen atoms in total. The largest absolute Gasteiger partial charge is 0.493 e. The summed E-state index contributed by atoms with van der Waals surface area (Å²) in [6.07, 6.45) is 5.47. The predicted octanol–water partition coefficient (Wildman–Crippen LogP) is 6.50. The summed E-state index contributed by atoms with van der Waals surface area (Å²) < 4.78 is 10.9. The fourth-order valence-electron chi connectivity index (χ4n) is 4.43. The van der Waals surface area contributed by atoms with E-state index in [0.29, 0.717) is 30.0 Å². The number of hydrogen-bond donors (Lipinski definition) is 1. The number of carbonyl (C=O) groups excluding carboxylic acids is 2. The van der Waals surface area contributed by atoms with Crippen molar-refractivity contribution in [2.45, 2.75) is 52.4 Å². The van der Waals surface area contributed by atoms with Crippen molar-refractivity contribution in [3.8, 4) is 16.9 Å². The van der Waals surface area contributed by atoms with E-state index in [2.05, 4.69) is 29.6 Å². The van der Waals surface area contributed by atoms with Gasteiger partial charge in [-0.25, -0.2) is 4.79 Å². The van der Waals surface area contributed by atoms with Crippen LogP contribution in [0.15, 0.2) is 41.8 Å². The van der Waals surface area contributed by atoms with Crippen molar-refractivity contribution in [3.63, 3.8) is 0 Å². The Balaban J connectivity index is 1.42. The average molecular weight is 478 g/mol. The van der Waals surface area contributed by atoms with Crippen LogP contribution in [0.5, 0.6) is 5.75 Å². The molecule has 1 aliphatic carbocycles. The van der Waals surface area contributed by atoms with Gasteiger partial charge in [0.15, 0.2) is 0 Å². The van der Waals surface area contributed by atoms with Crippen LogP contribution in [0.3, 0.4) is 0 Å². The van der Waals surface area contributed by atoms with Crippen LogP contribution in [-0.4, -0.2) is 25.6 Å². The highest BCUT2D eigenvalue weighted by Gasteiger charge is 2.23. The number of hydrogen-bond acceptors (Lipinski definition) is 5. The summed E-state index contributed by atoms with van der Waals surface area (Å²) >= 11 is 1.36. The highest BCUT2D eigenvalue weighted by atomic mass is 32.1. The number of fused-ring (bicyclic) bond motifs is 1. The predicted molar refractivity (Wildman–Crippen MR) is 137 cm³/mol. The summed E-state index contributed by atoms with van der Waals surface area (Å²) in [5.41, 5.74) is 7.22. The zero-order valence-corrected chi connectivity index (χ0v) is 20.8. The second-order valence-corrected chi connectivity index (χ2v) is 9.68. The second-order valence-electron chi connectivity index (χ2n) is 8.80. The summed E-state index contributed by atoms with van der Waals surface area (Å²) in [4.78, 5) is 25.3. The maximum Gasteiger partial charge on any atom is 0.341 e. The first-order chi connectivity index (χ1) is 16.5. The summed E-state index contributed by atoms with van der Waals surface area (Å²) in [5, 5.41) is 5.37. The Morgan fingerprint density at radius 3 is 2.59 bits per heavy atom. The molecule has 0 unspecified atom stereocenters. The molecule has 0 bridgehead atoms. The monoisotopic (exact) mass is 477 g/mol. The van der Waals surface area contributed by atoms with Gasteiger partial charge in [-0.15, -0.1) is 11.3 Å². The molecule has 6 heteroatoms. The summed E-state index contributed by atoms with van der Waals surface area (Å²) in [5.74, 6) is 0.252. The van der Waals surface area contributed by atoms with Crippen LogP contribution in [0.1, 0.15) is 58.3 Å². The molecule has 1 aliphatic rings. The standard InChI is InChI=1S/C28H31NO4S/c1-18-10-13-24(19(2)15-18)33-14-6-9-25(30)29-27-26(28(31)32-3)23(17-34-27)22-12-11-20-7-4-5-8-21(20)16-22/h10-13,15-17H,4-9,14H2,1-3H3,(H,29,30). The van der Waals surface area contributed by atoms with E-state index < -0.39 is 5.97 Å². The first-order valence-electron chi connectivity index (χ1n) is 11.8. The molecule has 1 amide bonds. The number of carbonyl (C=O) groups is 2. The van der Waals surface area contributed by atoms with E-state index >= 15 is 0 Å². The van der Waals surface area contributed by atoms with Gasteiger partial charge in [-0.2, -0.15) is 0 Å². The maximum absolute atomic E-state index is 12.6. The third-order valence-electron chi connectivity index (χ3n) is 6.23. The lowest BCUT2D eigenvalue weighted by Gasteiger charge is -2.16. The molecular formula is C28H31NO4S. The molecule has 1 N–H and O–H groups in total. The second kappa shape index (κ2) is 10.9. The molecule has 2 aromatic carbocycles. The van der Waals surface area contributed by atoms with Gasteiger partial charge in [0.25, 0.3) is 0 Å². The molecule has 1 heterocycles. The first kappa shape index (κ1) is 24.0. The first-order valence-corrected chi connectivity index (χ1v) is 12.7. The normalized spacial score (nSPS) is 12.7. The van der Waals surface area contributed by atoms with E-state index in [9.17, 15) is 9.59 Å². The third kappa shape index (κ3) is 5.50. The van der Waals surface area contributed by atoms with Crippen molar-refractivity contribution in [1.82, 2.24) is 0 Å². The lowest BCUT2D eigenvalue weighted by Crippen LogP contribution is -2.15. The van der Waals surface area contributed by atoms with Crippen LogP contribution in [0.4, 0.5) is 5.00 Å². The van der Waals surface area contributed by atoms with Crippen molar-refractivity contribution in [2.75, 3.05) is 19.0 Å². The van der Waals surface area contributed by atoms with E-state index in [-0.39, 0.29) is 5.91 Å². The Labute approximate surface area is 205 Å². The zero-order chi connectivity index (χ0) is 24.1. The van der Waals surface area contributed by atoms with Crippen LogP contribution in [-0.2, 0) is 22.4 Å². The number of ether oxygens (including phenoxy) is 2. The molecule has 34 heavy (non-hydrogen) atoms. The van der Waals surface area contributed by atoms with Crippen LogP contribution >= 0.6 is 11.3 Å². The Morgan fingerprint density at radius 2 is 1.82 bits per heavy atom. The Kier molecular flexibility index (Phi) is 7.68. The highest BCUT2D eigenvalue weighted by molar-refractivity contribution is 7.15. The topological polar surface area (TPSA) is 64.6 Å². The number of methoxy groups -OCH3 is 1. The molecule has 0 fully saturated rings. The SMILES string of the molecule is COC(=O)c1c(-c2ccc3c(c2)CCCC3)csc1NC(=O)CCCOc1ccc(C)cc1C. The molecule has 0 aliphatic heterocycles. The molecule has 0 radical (unpaired) electrons. The Morgan fingerprint density at radius 1 is 1.03 bits per heavy atom. The minimum Gasteiger partial charge on any atom is -0.493 e. The molecule has 3 aromatic rings. The maximum atomic E-state index is 12.6. The van der Waals surface area contributed by atoms with Gasteiger partial charge in [0.05, 0.1) is 13.7 Å². The number of anilines is 1. The molecule has 1 aromatic heterocycles. The van der Waals surface area contributed by atoms with Gasteiger partial charge in [0.1, 0.15) is 16.3 Å². The van der Waals surface area contributed by atoms with E-state index in [1.54, 1.807) is 0 Å². The molecule has 0 saturated heterocycles. The smallest absolute Gasteiger partial charge is 0.341 e. The van der Waals surface area contributed by atoms with Crippen molar-refractivity contribution in [3.05, 3.63) is 69.6 Å². The van der Waals surface area contributed by atoms with Crippen molar-refractivity contribution in [2.24, 2.45) is 0 Å². The number of aryl methyl sites for hydroxylation is 4. The molecule has 0 saturated carbocycles. The fourth-order valence-corrected chi connectivity index (χ4v) is 5.41. The van der Waals surface area contributed by atoms with Crippen LogP contribution in [0.25, 0.3) is 11.1 Å². The van der Waals surface area contributed by atoms with E-state index in [0.717, 1.165) is 35.3 Å². The van der Waals surface area contributed by atoms with Gasteiger partial charge in [0, 0.05) is 17.4 Å². The lowest BCUT2D eigenvalue weighted by molar-refractivity contribution is -0.116. The van der Waals surface area contributed by atoms with Crippen LogP contribution < -0.4 is 10.1 Å². The fraction of sp³-hybridized carbons (Fsp3) is 0.357. The minimum atomic E-state index is -0.442. The van der Waals surface area contributed by atoms with E-state index in [1.165, 1.54) is 48.0 Å². The Hall–Kier alpha value is -3.12. The lowest BCUT2D eigenvalue weighted by atomic mass is 9.89. The molecular weight excluding hydrogens is 446 g/mol. The van der Waals surface area contributed by atoms with Crippen LogP contribution in [0.2, 0.25) is 0 Å². The zero-order valence-electron chi connectivity index (χ0n) is 20.0. The quantitative estimate of drug-likeness (QED) is 0.297. The number of nitrogens with one attached hydrogen (secondary N) is 1. The number of thiophene rings is 1. The van der Waals surface area contributed by atoms with Crippen LogP contribution in [0, 0.1) is 13.8 Å². The molecule has 0 spiro atoms. The Bertz CT molecular complexity index is 1200. The average Bonchev–Trinajstić information content (AvgIpc) is 3.25. The van der Waals surface area contributed by atoms with Crippen molar-refractivity contribution < 1.29 is 19.1 Å².